The van der Waals surface area contributed by atoms with E-state index in [1.165, 1.54) is 6.26 Å². The molecular weight excluding hydrogens is 334 g/mol. The van der Waals surface area contributed by atoms with Crippen LogP contribution in [0.3, 0.4) is 0 Å². The molecular formula is C20H21NO5. The molecule has 2 heterocycles. The third-order valence-electron chi connectivity index (χ3n) is 4.21. The van der Waals surface area contributed by atoms with Crippen molar-refractivity contribution < 1.29 is 23.8 Å². The van der Waals surface area contributed by atoms with Crippen molar-refractivity contribution in [2.24, 2.45) is 0 Å². The maximum absolute atomic E-state index is 12.8. The van der Waals surface area contributed by atoms with Crippen molar-refractivity contribution >= 4 is 11.8 Å². The van der Waals surface area contributed by atoms with Crippen molar-refractivity contribution in [3.05, 3.63) is 65.4 Å². The summed E-state index contributed by atoms with van der Waals surface area (Å²) in [6, 6.07) is 11.6. The lowest BCUT2D eigenvalue weighted by atomic mass is 10.1. The number of para-hydroxylation sites is 1. The Hall–Kier alpha value is -3.02. The molecule has 1 atom stereocenters. The van der Waals surface area contributed by atoms with E-state index in [2.05, 4.69) is 0 Å². The van der Waals surface area contributed by atoms with Crippen LogP contribution in [0.1, 0.15) is 28.7 Å². The molecule has 0 radical (unpaired) electrons. The highest BCUT2D eigenvalue weighted by Gasteiger charge is 2.26. The fourth-order valence-electron chi connectivity index (χ4n) is 2.95. The highest BCUT2D eigenvalue weighted by atomic mass is 16.6. The highest BCUT2D eigenvalue weighted by Crippen LogP contribution is 2.22. The van der Waals surface area contributed by atoms with E-state index in [1.54, 1.807) is 6.92 Å². The van der Waals surface area contributed by atoms with E-state index in [-0.39, 0.29) is 18.1 Å². The molecule has 6 heteroatoms. The Balaban J connectivity index is 1.79. The molecule has 1 aliphatic rings. The molecule has 0 saturated carbocycles. The van der Waals surface area contributed by atoms with Crippen LogP contribution in [0.5, 0.6) is 0 Å². The molecule has 1 aromatic carbocycles. The normalized spacial score (nSPS) is 14.7. The number of Topliss-reactive ketones (excluding diaryl/α,β-unsaturated/α-hetero) is 1. The first-order valence-electron chi connectivity index (χ1n) is 8.43. The van der Waals surface area contributed by atoms with Crippen LogP contribution in [0.15, 0.2) is 48.4 Å². The van der Waals surface area contributed by atoms with Gasteiger partial charge in [-0.15, -0.1) is 0 Å². The second-order valence-corrected chi connectivity index (χ2v) is 6.07. The van der Waals surface area contributed by atoms with Gasteiger partial charge in [-0.05, 0) is 39.0 Å². The number of nitrogens with zero attached hydrogens (tertiary/aromatic N) is 1. The summed E-state index contributed by atoms with van der Waals surface area (Å²) in [7, 11) is 0. The Morgan fingerprint density at radius 2 is 1.88 bits per heavy atom. The van der Waals surface area contributed by atoms with E-state index in [9.17, 15) is 9.59 Å². The van der Waals surface area contributed by atoms with Crippen LogP contribution in [-0.4, -0.2) is 35.6 Å². The lowest BCUT2D eigenvalue weighted by Gasteiger charge is -2.17. The summed E-state index contributed by atoms with van der Waals surface area (Å²) in [5.74, 6) is -0.987. The minimum absolute atomic E-state index is 0.0225. The highest BCUT2D eigenvalue weighted by molar-refractivity contribution is 6.02. The quantitative estimate of drug-likeness (QED) is 0.609. The lowest BCUT2D eigenvalue weighted by molar-refractivity contribution is -0.147. The average Bonchev–Trinajstić information content (AvgIpc) is 2.96. The van der Waals surface area contributed by atoms with Gasteiger partial charge in [0.1, 0.15) is 19.5 Å². The largest absolute Gasteiger partial charge is 0.493 e. The van der Waals surface area contributed by atoms with Gasteiger partial charge in [0, 0.05) is 22.6 Å². The molecule has 2 aromatic rings. The van der Waals surface area contributed by atoms with E-state index in [1.807, 2.05) is 54.8 Å². The molecule has 1 aromatic heterocycles. The molecule has 0 amide bonds. The minimum Gasteiger partial charge on any atom is -0.493 e. The molecule has 26 heavy (non-hydrogen) atoms. The van der Waals surface area contributed by atoms with E-state index in [0.717, 1.165) is 17.1 Å². The summed E-state index contributed by atoms with van der Waals surface area (Å²) in [5.41, 5.74) is 3.24. The van der Waals surface area contributed by atoms with Crippen molar-refractivity contribution in [2.75, 3.05) is 13.2 Å². The summed E-state index contributed by atoms with van der Waals surface area (Å²) in [5, 5.41) is 0. The number of ether oxygens (including phenoxy) is 3. The first kappa shape index (κ1) is 17.8. The Kier molecular flexibility index (Phi) is 5.11. The van der Waals surface area contributed by atoms with Crippen molar-refractivity contribution in [3.63, 3.8) is 0 Å². The molecule has 0 aliphatic carbocycles. The predicted molar refractivity (Wildman–Crippen MR) is 95.1 cm³/mol. The number of hydrogen-bond donors (Lipinski definition) is 0. The number of rotatable bonds is 5. The molecule has 1 unspecified atom stereocenters. The number of esters is 1. The second kappa shape index (κ2) is 7.47. The molecule has 0 spiro atoms. The zero-order valence-corrected chi connectivity index (χ0v) is 15.0. The van der Waals surface area contributed by atoms with Gasteiger partial charge in [-0.2, -0.15) is 0 Å². The van der Waals surface area contributed by atoms with Crippen molar-refractivity contribution in [3.8, 4) is 5.69 Å². The number of carbonyl (C=O) groups excluding carboxylic acids is 2. The van der Waals surface area contributed by atoms with Crippen LogP contribution in [0, 0.1) is 13.8 Å². The summed E-state index contributed by atoms with van der Waals surface area (Å²) in [6.45, 7) is 6.03. The predicted octanol–water partition coefficient (Wildman–Crippen LogP) is 3.10. The first-order chi connectivity index (χ1) is 12.5. The van der Waals surface area contributed by atoms with E-state index in [4.69, 9.17) is 14.2 Å². The van der Waals surface area contributed by atoms with Crippen molar-refractivity contribution in [1.82, 2.24) is 4.57 Å². The maximum Gasteiger partial charge on any atom is 0.377 e. The van der Waals surface area contributed by atoms with E-state index in [0.29, 0.717) is 12.2 Å². The molecule has 1 aliphatic heterocycles. The van der Waals surface area contributed by atoms with Crippen molar-refractivity contribution in [2.45, 2.75) is 26.9 Å². The number of ketones is 1. The average molecular weight is 355 g/mol. The molecule has 0 N–H and O–H groups in total. The minimum atomic E-state index is -0.932. The Labute approximate surface area is 152 Å². The molecule has 0 fully saturated rings. The van der Waals surface area contributed by atoms with Gasteiger partial charge in [0.05, 0.1) is 0 Å². The SMILES string of the molecule is Cc1cc(C(=O)C(C)OC(=O)C2=COCCO2)c(C)n1-c1ccccc1. The Morgan fingerprint density at radius 3 is 2.54 bits per heavy atom. The van der Waals surface area contributed by atoms with Crippen LogP contribution in [0.2, 0.25) is 0 Å². The van der Waals surface area contributed by atoms with Gasteiger partial charge in [-0.25, -0.2) is 4.79 Å². The standard InChI is InChI=1S/C20H21NO5/c1-13-11-17(14(2)21(13)16-7-5-4-6-8-16)19(22)15(3)26-20(23)18-12-24-9-10-25-18/h4-8,11-12,15H,9-10H2,1-3H3. The van der Waals surface area contributed by atoms with Gasteiger partial charge >= 0.3 is 5.97 Å². The summed E-state index contributed by atoms with van der Waals surface area (Å²) in [6.07, 6.45) is 0.281. The fraction of sp³-hybridized carbons (Fsp3) is 0.300. The van der Waals surface area contributed by atoms with Gasteiger partial charge < -0.3 is 18.8 Å². The van der Waals surface area contributed by atoms with Crippen LogP contribution in [0.4, 0.5) is 0 Å². The third kappa shape index (κ3) is 3.49. The fourth-order valence-corrected chi connectivity index (χ4v) is 2.95. The van der Waals surface area contributed by atoms with Gasteiger partial charge in [0.25, 0.3) is 0 Å². The van der Waals surface area contributed by atoms with Gasteiger partial charge in [-0.1, -0.05) is 18.2 Å². The first-order valence-corrected chi connectivity index (χ1v) is 8.43. The van der Waals surface area contributed by atoms with E-state index >= 15 is 0 Å². The summed E-state index contributed by atoms with van der Waals surface area (Å²) in [4.78, 5) is 24.9. The number of carbonyl (C=O) groups is 2. The number of hydrogen-bond acceptors (Lipinski definition) is 5. The van der Waals surface area contributed by atoms with Crippen LogP contribution in [-0.2, 0) is 19.0 Å². The maximum atomic E-state index is 12.8. The second-order valence-electron chi connectivity index (χ2n) is 6.07. The Morgan fingerprint density at radius 1 is 1.15 bits per heavy atom. The third-order valence-corrected chi connectivity index (χ3v) is 4.21. The topological polar surface area (TPSA) is 66.8 Å². The molecule has 6 nitrogen and oxygen atoms in total. The zero-order chi connectivity index (χ0) is 18.7. The number of aryl methyl sites for hydroxylation is 1. The molecule has 136 valence electrons. The summed E-state index contributed by atoms with van der Waals surface area (Å²) < 4.78 is 17.5. The van der Waals surface area contributed by atoms with Gasteiger partial charge in [0.15, 0.2) is 6.10 Å². The molecule has 0 saturated heterocycles. The van der Waals surface area contributed by atoms with Gasteiger partial charge in [0.2, 0.25) is 11.5 Å². The van der Waals surface area contributed by atoms with Crippen molar-refractivity contribution in [1.29, 1.82) is 0 Å². The number of aromatic nitrogens is 1. The van der Waals surface area contributed by atoms with Crippen LogP contribution >= 0.6 is 0 Å². The van der Waals surface area contributed by atoms with Crippen LogP contribution in [0.25, 0.3) is 5.69 Å². The molecule has 0 bridgehead atoms. The van der Waals surface area contributed by atoms with Gasteiger partial charge in [-0.3, -0.25) is 4.79 Å². The number of benzene rings is 1. The zero-order valence-electron chi connectivity index (χ0n) is 15.0. The molecule has 3 rings (SSSR count). The Bertz CT molecular complexity index is 851. The smallest absolute Gasteiger partial charge is 0.377 e. The van der Waals surface area contributed by atoms with Crippen LogP contribution < -0.4 is 0 Å². The lowest BCUT2D eigenvalue weighted by Crippen LogP contribution is -2.27. The monoisotopic (exact) mass is 355 g/mol. The summed E-state index contributed by atoms with van der Waals surface area (Å²) >= 11 is 0. The van der Waals surface area contributed by atoms with E-state index < -0.39 is 12.1 Å².